The van der Waals surface area contributed by atoms with Gasteiger partial charge in [-0.2, -0.15) is 0 Å². The zero-order chi connectivity index (χ0) is 11.4. The van der Waals surface area contributed by atoms with Crippen LogP contribution in [-0.2, 0) is 4.79 Å². The Morgan fingerprint density at radius 2 is 1.75 bits per heavy atom. The third-order valence-corrected chi connectivity index (χ3v) is 4.79. The van der Waals surface area contributed by atoms with Crippen LogP contribution in [0.4, 0.5) is 0 Å². The average molecular weight is 288 g/mol. The molecule has 0 radical (unpaired) electrons. The minimum absolute atomic E-state index is 0.347. The standard InChI is InChI=1S/C13H22BrNO/c14-10-12-8-2-1-5-9-15(12)13(16)11-6-3-4-7-11/h11-12H,1-10H2. The average Bonchev–Trinajstić information content (AvgIpc) is 2.73. The number of hydrogen-bond donors (Lipinski definition) is 0. The van der Waals surface area contributed by atoms with E-state index < -0.39 is 0 Å². The lowest BCUT2D eigenvalue weighted by Crippen LogP contribution is -2.43. The van der Waals surface area contributed by atoms with Crippen LogP contribution in [0.2, 0.25) is 0 Å². The van der Waals surface area contributed by atoms with Crippen LogP contribution in [0.3, 0.4) is 0 Å². The van der Waals surface area contributed by atoms with Crippen LogP contribution in [0.15, 0.2) is 0 Å². The predicted molar refractivity (Wildman–Crippen MR) is 69.7 cm³/mol. The van der Waals surface area contributed by atoms with E-state index >= 15 is 0 Å². The van der Waals surface area contributed by atoms with Crippen molar-refractivity contribution in [1.29, 1.82) is 0 Å². The molecule has 1 aliphatic heterocycles. The second-order valence-corrected chi connectivity index (χ2v) is 5.82. The molecule has 2 fully saturated rings. The number of halogens is 1. The van der Waals surface area contributed by atoms with Crippen LogP contribution in [0.5, 0.6) is 0 Å². The first-order valence-electron chi connectivity index (χ1n) is 6.69. The van der Waals surface area contributed by atoms with Crippen LogP contribution in [0, 0.1) is 5.92 Å². The fourth-order valence-corrected chi connectivity index (χ4v) is 3.71. The summed E-state index contributed by atoms with van der Waals surface area (Å²) in [7, 11) is 0. The Kier molecular flexibility index (Phi) is 4.68. The van der Waals surface area contributed by atoms with Gasteiger partial charge in [0, 0.05) is 23.8 Å². The normalized spacial score (nSPS) is 28.1. The summed E-state index contributed by atoms with van der Waals surface area (Å²) < 4.78 is 0. The number of carbonyl (C=O) groups excluding carboxylic acids is 1. The van der Waals surface area contributed by atoms with Crippen molar-refractivity contribution in [3.05, 3.63) is 0 Å². The topological polar surface area (TPSA) is 20.3 Å². The number of rotatable bonds is 2. The number of hydrogen-bond acceptors (Lipinski definition) is 1. The molecule has 92 valence electrons. The summed E-state index contributed by atoms with van der Waals surface area (Å²) in [5.74, 6) is 0.795. The van der Waals surface area contributed by atoms with Gasteiger partial charge in [0.05, 0.1) is 0 Å². The van der Waals surface area contributed by atoms with Gasteiger partial charge in [-0.15, -0.1) is 0 Å². The highest BCUT2D eigenvalue weighted by atomic mass is 79.9. The highest BCUT2D eigenvalue weighted by Crippen LogP contribution is 2.29. The molecule has 16 heavy (non-hydrogen) atoms. The Morgan fingerprint density at radius 1 is 1.06 bits per heavy atom. The quantitative estimate of drug-likeness (QED) is 0.714. The maximum atomic E-state index is 12.4. The van der Waals surface area contributed by atoms with Gasteiger partial charge in [0.15, 0.2) is 0 Å². The van der Waals surface area contributed by atoms with Crippen LogP contribution in [0.1, 0.15) is 51.4 Å². The maximum Gasteiger partial charge on any atom is 0.225 e. The van der Waals surface area contributed by atoms with Gasteiger partial charge < -0.3 is 4.90 Å². The van der Waals surface area contributed by atoms with Crippen molar-refractivity contribution >= 4 is 21.8 Å². The summed E-state index contributed by atoms with van der Waals surface area (Å²) in [4.78, 5) is 14.6. The van der Waals surface area contributed by atoms with E-state index in [-0.39, 0.29) is 0 Å². The number of alkyl halides is 1. The molecule has 1 saturated heterocycles. The van der Waals surface area contributed by atoms with Gasteiger partial charge in [-0.1, -0.05) is 41.6 Å². The van der Waals surface area contributed by atoms with Gasteiger partial charge in [-0.3, -0.25) is 4.79 Å². The number of carbonyl (C=O) groups is 1. The minimum atomic E-state index is 0.347. The van der Waals surface area contributed by atoms with Crippen molar-refractivity contribution in [3.63, 3.8) is 0 Å². The first-order valence-corrected chi connectivity index (χ1v) is 7.81. The molecule has 1 unspecified atom stereocenters. The van der Waals surface area contributed by atoms with E-state index in [1.165, 1.54) is 38.5 Å². The van der Waals surface area contributed by atoms with E-state index in [9.17, 15) is 4.79 Å². The van der Waals surface area contributed by atoms with Gasteiger partial charge in [-0.05, 0) is 25.7 Å². The van der Waals surface area contributed by atoms with Crippen LogP contribution >= 0.6 is 15.9 Å². The predicted octanol–water partition coefficient (Wildman–Crippen LogP) is 3.34. The summed E-state index contributed by atoms with van der Waals surface area (Å²) in [6.45, 7) is 0.992. The maximum absolute atomic E-state index is 12.4. The number of amides is 1. The van der Waals surface area contributed by atoms with Crippen molar-refractivity contribution < 1.29 is 4.79 Å². The van der Waals surface area contributed by atoms with E-state index in [4.69, 9.17) is 0 Å². The van der Waals surface area contributed by atoms with Gasteiger partial charge >= 0.3 is 0 Å². The van der Waals surface area contributed by atoms with Crippen molar-refractivity contribution in [2.75, 3.05) is 11.9 Å². The Labute approximate surface area is 107 Å². The lowest BCUT2D eigenvalue weighted by Gasteiger charge is -2.31. The van der Waals surface area contributed by atoms with E-state index in [0.29, 0.717) is 17.9 Å². The Morgan fingerprint density at radius 3 is 2.44 bits per heavy atom. The SMILES string of the molecule is O=C(C1CCCC1)N1CCCCCC1CBr. The minimum Gasteiger partial charge on any atom is -0.339 e. The first-order chi connectivity index (χ1) is 7.83. The summed E-state index contributed by atoms with van der Waals surface area (Å²) in [6, 6.07) is 0.454. The molecule has 1 atom stereocenters. The molecule has 0 spiro atoms. The van der Waals surface area contributed by atoms with Gasteiger partial charge in [0.2, 0.25) is 5.91 Å². The molecule has 3 heteroatoms. The largest absolute Gasteiger partial charge is 0.339 e. The molecular formula is C13H22BrNO. The van der Waals surface area contributed by atoms with Gasteiger partial charge in [0.1, 0.15) is 0 Å². The molecule has 2 nitrogen and oxygen atoms in total. The Balaban J connectivity index is 2.00. The van der Waals surface area contributed by atoms with E-state index in [2.05, 4.69) is 20.8 Å². The third kappa shape index (κ3) is 2.79. The summed E-state index contributed by atoms with van der Waals surface area (Å²) in [6.07, 6.45) is 9.72. The van der Waals surface area contributed by atoms with Crippen molar-refractivity contribution in [2.45, 2.75) is 57.4 Å². The highest BCUT2D eigenvalue weighted by Gasteiger charge is 2.31. The van der Waals surface area contributed by atoms with E-state index in [1.54, 1.807) is 0 Å². The molecule has 0 bridgehead atoms. The Hall–Kier alpha value is -0.0500. The summed E-state index contributed by atoms with van der Waals surface area (Å²) >= 11 is 3.57. The third-order valence-electron chi connectivity index (χ3n) is 4.04. The van der Waals surface area contributed by atoms with Crippen molar-refractivity contribution in [1.82, 2.24) is 4.90 Å². The molecule has 1 heterocycles. The molecule has 2 aliphatic rings. The smallest absolute Gasteiger partial charge is 0.225 e. The zero-order valence-electron chi connectivity index (χ0n) is 9.96. The number of nitrogens with zero attached hydrogens (tertiary/aromatic N) is 1. The molecule has 1 aliphatic carbocycles. The van der Waals surface area contributed by atoms with Crippen LogP contribution < -0.4 is 0 Å². The number of likely N-dealkylation sites (tertiary alicyclic amines) is 1. The van der Waals surface area contributed by atoms with Crippen LogP contribution in [0.25, 0.3) is 0 Å². The highest BCUT2D eigenvalue weighted by molar-refractivity contribution is 9.09. The monoisotopic (exact) mass is 287 g/mol. The van der Waals surface area contributed by atoms with Gasteiger partial charge in [0.25, 0.3) is 0 Å². The molecule has 0 N–H and O–H groups in total. The van der Waals surface area contributed by atoms with Crippen LogP contribution in [-0.4, -0.2) is 28.7 Å². The van der Waals surface area contributed by atoms with E-state index in [0.717, 1.165) is 24.7 Å². The fraction of sp³-hybridized carbons (Fsp3) is 0.923. The molecule has 0 aromatic rings. The summed E-state index contributed by atoms with van der Waals surface area (Å²) in [5.41, 5.74) is 0. The lowest BCUT2D eigenvalue weighted by atomic mass is 10.0. The second-order valence-electron chi connectivity index (χ2n) is 5.17. The fourth-order valence-electron chi connectivity index (χ4n) is 3.04. The molecule has 0 aromatic carbocycles. The zero-order valence-corrected chi connectivity index (χ0v) is 11.5. The summed E-state index contributed by atoms with van der Waals surface area (Å²) in [5, 5.41) is 0.950. The molecule has 0 aromatic heterocycles. The molecule has 1 amide bonds. The van der Waals surface area contributed by atoms with E-state index in [1.807, 2.05) is 0 Å². The van der Waals surface area contributed by atoms with Gasteiger partial charge in [-0.25, -0.2) is 0 Å². The molecule has 2 rings (SSSR count). The lowest BCUT2D eigenvalue weighted by molar-refractivity contribution is -0.137. The van der Waals surface area contributed by atoms with Crippen molar-refractivity contribution in [2.24, 2.45) is 5.92 Å². The van der Waals surface area contributed by atoms with Crippen molar-refractivity contribution in [3.8, 4) is 0 Å². The molecular weight excluding hydrogens is 266 g/mol. The molecule has 1 saturated carbocycles. The Bertz CT molecular complexity index is 238. The first kappa shape index (κ1) is 12.4. The second kappa shape index (κ2) is 6.04.